The molecule has 0 atom stereocenters. The maximum absolute atomic E-state index is 6.15. The zero-order chi connectivity index (χ0) is 26.9. The molecule has 0 spiro atoms. The Morgan fingerprint density at radius 3 is 1.93 bits per heavy atom. The Balaban J connectivity index is 1.34. The molecule has 190 valence electrons. The summed E-state index contributed by atoms with van der Waals surface area (Å²) < 4.78 is 6.15. The molecule has 0 fully saturated rings. The van der Waals surface area contributed by atoms with Crippen LogP contribution in [0.15, 0.2) is 126 Å². The van der Waals surface area contributed by atoms with E-state index in [0.717, 1.165) is 44.0 Å². The molecule has 3 aromatic heterocycles. The normalized spacial score (nSPS) is 11.9. The van der Waals surface area contributed by atoms with Crippen molar-refractivity contribution in [3.05, 3.63) is 122 Å². The largest absolute Gasteiger partial charge is 0.456 e. The molecule has 8 aromatic rings. The van der Waals surface area contributed by atoms with Crippen LogP contribution in [-0.4, -0.2) is 19.9 Å². The van der Waals surface area contributed by atoms with Crippen LogP contribution >= 0.6 is 0 Å². The number of rotatable bonds is 3. The maximum Gasteiger partial charge on any atom is 0.164 e. The molecule has 0 bridgehead atoms. The summed E-state index contributed by atoms with van der Waals surface area (Å²) in [4.78, 5) is 19.6. The SMILES string of the molecule is c1ccc(-c2nc(-c3ccc4c5c(cccc35)-c3ccccc3-4)nc(-c3cccc4oc5ccncc5c34)n2)cc1. The highest BCUT2D eigenvalue weighted by atomic mass is 16.3. The average molecular weight is 525 g/mol. The second-order valence-electron chi connectivity index (χ2n) is 10.3. The molecule has 0 radical (unpaired) electrons. The maximum atomic E-state index is 6.15. The topological polar surface area (TPSA) is 64.7 Å². The van der Waals surface area contributed by atoms with Crippen LogP contribution in [-0.2, 0) is 0 Å². The van der Waals surface area contributed by atoms with Crippen molar-refractivity contribution in [2.45, 2.75) is 0 Å². The van der Waals surface area contributed by atoms with Crippen molar-refractivity contribution in [1.82, 2.24) is 19.9 Å². The van der Waals surface area contributed by atoms with Gasteiger partial charge in [0.1, 0.15) is 11.2 Å². The quantitative estimate of drug-likeness (QED) is 0.231. The predicted octanol–water partition coefficient (Wildman–Crippen LogP) is 8.97. The number of furan rings is 1. The van der Waals surface area contributed by atoms with Gasteiger partial charge in [-0.2, -0.15) is 0 Å². The second-order valence-corrected chi connectivity index (χ2v) is 10.3. The number of hydrogen-bond donors (Lipinski definition) is 0. The molecule has 41 heavy (non-hydrogen) atoms. The summed E-state index contributed by atoms with van der Waals surface area (Å²) >= 11 is 0. The molecule has 3 heterocycles. The van der Waals surface area contributed by atoms with Gasteiger partial charge < -0.3 is 4.42 Å². The van der Waals surface area contributed by atoms with Gasteiger partial charge in [-0.15, -0.1) is 0 Å². The number of benzene rings is 5. The first-order valence-corrected chi connectivity index (χ1v) is 13.6. The Hall–Kier alpha value is -5.68. The predicted molar refractivity (Wildman–Crippen MR) is 163 cm³/mol. The molecule has 5 heteroatoms. The molecular weight excluding hydrogens is 504 g/mol. The monoisotopic (exact) mass is 524 g/mol. The average Bonchev–Trinajstić information content (AvgIpc) is 3.59. The summed E-state index contributed by atoms with van der Waals surface area (Å²) in [7, 11) is 0. The zero-order valence-corrected chi connectivity index (χ0v) is 21.7. The standard InChI is InChI=1S/C36H20N4O/c1-2-8-21(9-3-1)34-38-35(27-17-16-26-23-11-5-4-10-22(23)24-12-6-13-25(27)32(24)26)40-36(39-34)28-14-7-15-31-33(28)29-20-37-19-18-30(29)41-31/h1-20H. The van der Waals surface area contributed by atoms with Gasteiger partial charge in [-0.05, 0) is 51.2 Å². The van der Waals surface area contributed by atoms with Crippen LogP contribution in [0, 0.1) is 0 Å². The summed E-state index contributed by atoms with van der Waals surface area (Å²) in [5, 5.41) is 4.25. The lowest BCUT2D eigenvalue weighted by molar-refractivity contribution is 0.668. The first-order valence-electron chi connectivity index (χ1n) is 13.6. The summed E-state index contributed by atoms with van der Waals surface area (Å²) in [5.41, 5.74) is 9.37. The fourth-order valence-corrected chi connectivity index (χ4v) is 6.19. The van der Waals surface area contributed by atoms with Crippen LogP contribution in [0.25, 0.3) is 89.1 Å². The van der Waals surface area contributed by atoms with E-state index in [1.165, 1.54) is 27.6 Å². The Bertz CT molecular complexity index is 2290. The summed E-state index contributed by atoms with van der Waals surface area (Å²) in [5.74, 6) is 1.86. The van der Waals surface area contributed by atoms with Gasteiger partial charge in [0, 0.05) is 39.9 Å². The Morgan fingerprint density at radius 1 is 0.415 bits per heavy atom. The molecule has 1 aliphatic carbocycles. The van der Waals surface area contributed by atoms with Crippen molar-refractivity contribution in [3.8, 4) is 56.4 Å². The number of nitrogens with zero attached hydrogens (tertiary/aromatic N) is 4. The van der Waals surface area contributed by atoms with Crippen LogP contribution in [0.3, 0.4) is 0 Å². The lowest BCUT2D eigenvalue weighted by Crippen LogP contribution is -2.01. The van der Waals surface area contributed by atoms with Crippen molar-refractivity contribution in [2.24, 2.45) is 0 Å². The molecule has 5 aromatic carbocycles. The van der Waals surface area contributed by atoms with Crippen molar-refractivity contribution in [2.75, 3.05) is 0 Å². The van der Waals surface area contributed by atoms with E-state index in [1.54, 1.807) is 6.20 Å². The fraction of sp³-hybridized carbons (Fsp3) is 0. The summed E-state index contributed by atoms with van der Waals surface area (Å²) in [6.07, 6.45) is 3.58. The van der Waals surface area contributed by atoms with Gasteiger partial charge in [0.2, 0.25) is 0 Å². The molecule has 0 saturated heterocycles. The summed E-state index contributed by atoms with van der Waals surface area (Å²) in [6.45, 7) is 0. The van der Waals surface area contributed by atoms with Gasteiger partial charge >= 0.3 is 0 Å². The van der Waals surface area contributed by atoms with E-state index in [9.17, 15) is 0 Å². The molecular formula is C36H20N4O. The molecule has 1 aliphatic rings. The van der Waals surface area contributed by atoms with E-state index >= 15 is 0 Å². The highest BCUT2D eigenvalue weighted by molar-refractivity contribution is 6.18. The smallest absolute Gasteiger partial charge is 0.164 e. The van der Waals surface area contributed by atoms with Crippen LogP contribution in [0.2, 0.25) is 0 Å². The summed E-state index contributed by atoms with van der Waals surface area (Å²) in [6, 6.07) is 37.4. The Kier molecular flexibility index (Phi) is 4.55. The van der Waals surface area contributed by atoms with Crippen LogP contribution in [0.1, 0.15) is 0 Å². The number of pyridine rings is 1. The number of aromatic nitrogens is 4. The van der Waals surface area contributed by atoms with Gasteiger partial charge in [-0.3, -0.25) is 4.98 Å². The van der Waals surface area contributed by atoms with Gasteiger partial charge in [0.15, 0.2) is 17.5 Å². The van der Waals surface area contributed by atoms with Crippen molar-refractivity contribution >= 4 is 32.7 Å². The zero-order valence-electron chi connectivity index (χ0n) is 21.7. The van der Waals surface area contributed by atoms with E-state index in [4.69, 9.17) is 19.4 Å². The first kappa shape index (κ1) is 22.2. The van der Waals surface area contributed by atoms with Crippen molar-refractivity contribution < 1.29 is 4.42 Å². The number of hydrogen-bond acceptors (Lipinski definition) is 5. The third-order valence-corrected chi connectivity index (χ3v) is 7.99. The van der Waals surface area contributed by atoms with Gasteiger partial charge in [-0.1, -0.05) is 91.0 Å². The molecule has 0 aliphatic heterocycles. The van der Waals surface area contributed by atoms with Gasteiger partial charge in [-0.25, -0.2) is 15.0 Å². The van der Waals surface area contributed by atoms with E-state index in [-0.39, 0.29) is 0 Å². The Labute approximate surface area is 234 Å². The third-order valence-electron chi connectivity index (χ3n) is 7.99. The fourth-order valence-electron chi connectivity index (χ4n) is 6.19. The Morgan fingerprint density at radius 2 is 1.07 bits per heavy atom. The lowest BCUT2D eigenvalue weighted by Gasteiger charge is -2.12. The minimum atomic E-state index is 0.595. The molecule has 0 unspecified atom stereocenters. The van der Waals surface area contributed by atoms with Crippen LogP contribution in [0.4, 0.5) is 0 Å². The highest BCUT2D eigenvalue weighted by Gasteiger charge is 2.24. The first-order chi connectivity index (χ1) is 20.3. The molecule has 5 nitrogen and oxygen atoms in total. The van der Waals surface area contributed by atoms with Crippen LogP contribution in [0.5, 0.6) is 0 Å². The van der Waals surface area contributed by atoms with E-state index < -0.39 is 0 Å². The molecule has 0 amide bonds. The third kappa shape index (κ3) is 3.23. The molecule has 0 saturated carbocycles. The van der Waals surface area contributed by atoms with Gasteiger partial charge in [0.25, 0.3) is 0 Å². The van der Waals surface area contributed by atoms with Crippen molar-refractivity contribution in [3.63, 3.8) is 0 Å². The van der Waals surface area contributed by atoms with Crippen molar-refractivity contribution in [1.29, 1.82) is 0 Å². The number of fused-ring (bicyclic) bond motifs is 6. The second kappa shape index (κ2) is 8.41. The highest BCUT2D eigenvalue weighted by Crippen LogP contribution is 2.49. The lowest BCUT2D eigenvalue weighted by atomic mass is 9.98. The minimum absolute atomic E-state index is 0.595. The van der Waals surface area contributed by atoms with Crippen LogP contribution < -0.4 is 0 Å². The van der Waals surface area contributed by atoms with E-state index in [1.807, 2.05) is 60.8 Å². The minimum Gasteiger partial charge on any atom is -0.456 e. The van der Waals surface area contributed by atoms with E-state index in [0.29, 0.717) is 17.5 Å². The van der Waals surface area contributed by atoms with E-state index in [2.05, 4.69) is 59.6 Å². The molecule has 0 N–H and O–H groups in total. The van der Waals surface area contributed by atoms with Gasteiger partial charge in [0.05, 0.1) is 0 Å². The molecule has 9 rings (SSSR count).